The van der Waals surface area contributed by atoms with Crippen LogP contribution in [0.1, 0.15) is 35.9 Å². The van der Waals surface area contributed by atoms with Gasteiger partial charge in [-0.15, -0.1) is 0 Å². The predicted octanol–water partition coefficient (Wildman–Crippen LogP) is 15.3. The van der Waals surface area contributed by atoms with E-state index in [1.165, 1.54) is 4.90 Å². The van der Waals surface area contributed by atoms with Gasteiger partial charge in [-0.1, -0.05) is 190 Å². The average molecular weight is 724 g/mol. The lowest BCUT2D eigenvalue weighted by Gasteiger charge is -2.27. The Hall–Kier alpha value is -6.96. The van der Waals surface area contributed by atoms with Gasteiger partial charge in [-0.05, 0) is 114 Å². The molecule has 1 aliphatic carbocycles. The van der Waals surface area contributed by atoms with E-state index in [-0.39, 0.29) is 70.8 Å². The largest absolute Gasteiger partial charge is 0.310 e. The molecule has 0 amide bonds. The van der Waals surface area contributed by atoms with Gasteiger partial charge in [-0.25, -0.2) is 0 Å². The Morgan fingerprint density at radius 3 is 1.66 bits per heavy atom. The molecule has 0 spiro atoms. The quantitative estimate of drug-likeness (QED) is 0.158. The minimum Gasteiger partial charge on any atom is -0.310 e. The Kier molecular flexibility index (Phi) is 6.36. The fraction of sp³-hybridized carbons (Fsp3) is 0.0545. The number of anilines is 3. The monoisotopic (exact) mass is 723 g/mol. The lowest BCUT2D eigenvalue weighted by molar-refractivity contribution is 0.662. The molecule has 1 heteroatoms. The maximum absolute atomic E-state index is 9.77. The molecule has 0 heterocycles. The summed E-state index contributed by atoms with van der Waals surface area (Å²) in [5.74, 6) is 0. The molecule has 9 aromatic carbocycles. The minimum absolute atomic E-state index is 0.110. The third-order valence-electron chi connectivity index (χ3n) is 11.0. The molecule has 0 unspecified atom stereocenters. The summed E-state index contributed by atoms with van der Waals surface area (Å²) in [5.41, 5.74) is 8.50. The molecule has 266 valence electrons. The second-order valence-electron chi connectivity index (χ2n) is 14.7. The van der Waals surface area contributed by atoms with Crippen LogP contribution < -0.4 is 4.90 Å². The molecule has 0 fully saturated rings. The molecule has 0 aliphatic heterocycles. The van der Waals surface area contributed by atoms with Gasteiger partial charge in [0.15, 0.2) is 0 Å². The minimum atomic E-state index is -0.503. The lowest BCUT2D eigenvalue weighted by atomic mass is 9.79. The van der Waals surface area contributed by atoms with Crippen LogP contribution in [0, 0.1) is 0 Å². The Labute approximate surface area is 341 Å². The normalized spacial score (nSPS) is 14.6. The van der Waals surface area contributed by atoms with Gasteiger partial charge in [0.25, 0.3) is 0 Å². The summed E-state index contributed by atoms with van der Waals surface area (Å²) < 4.78 is 77.0. The predicted molar refractivity (Wildman–Crippen MR) is 238 cm³/mol. The third kappa shape index (κ3) is 5.81. The summed E-state index contributed by atoms with van der Waals surface area (Å²) in [6.07, 6.45) is 0. The molecule has 0 aromatic heterocycles. The van der Waals surface area contributed by atoms with Crippen LogP contribution in [0.25, 0.3) is 66.4 Å². The first kappa shape index (κ1) is 26.0. The van der Waals surface area contributed by atoms with Crippen LogP contribution in [0.15, 0.2) is 212 Å². The number of fused-ring (bicyclic) bond motifs is 4. The molecule has 1 aliphatic rings. The van der Waals surface area contributed by atoms with E-state index in [2.05, 4.69) is 26.0 Å². The first-order valence-electron chi connectivity index (χ1n) is 22.9. The van der Waals surface area contributed by atoms with Crippen molar-refractivity contribution in [2.24, 2.45) is 0 Å². The highest BCUT2D eigenvalue weighted by molar-refractivity contribution is 5.97. The number of hydrogen-bond acceptors (Lipinski definition) is 1. The van der Waals surface area contributed by atoms with Crippen molar-refractivity contribution in [3.63, 3.8) is 0 Å². The first-order chi connectivity index (χ1) is 30.9. The molecule has 0 saturated carbocycles. The van der Waals surface area contributed by atoms with Gasteiger partial charge in [-0.2, -0.15) is 0 Å². The molecular weight excluding hydrogens is 675 g/mol. The maximum Gasteiger partial charge on any atom is 0.0645 e. The maximum atomic E-state index is 9.77. The van der Waals surface area contributed by atoms with E-state index in [0.29, 0.717) is 16.8 Å². The second kappa shape index (κ2) is 13.7. The van der Waals surface area contributed by atoms with Crippen molar-refractivity contribution in [3.8, 4) is 55.6 Å². The fourth-order valence-electron chi connectivity index (χ4n) is 8.29. The van der Waals surface area contributed by atoms with Crippen molar-refractivity contribution in [1.82, 2.24) is 0 Å². The van der Waals surface area contributed by atoms with E-state index in [0.717, 1.165) is 55.3 Å². The third-order valence-corrected chi connectivity index (χ3v) is 11.0. The van der Waals surface area contributed by atoms with Crippen molar-refractivity contribution in [1.29, 1.82) is 0 Å². The number of hydrogen-bond donors (Lipinski definition) is 0. The fourth-order valence-corrected chi connectivity index (χ4v) is 8.29. The highest BCUT2D eigenvalue weighted by Crippen LogP contribution is 2.52. The standard InChI is InChI=1S/C55H41N/c1-55(2)53-24-9-8-20-51(53)52-23-12-22-50(54(52)55)43-31-35-46(36-32-43)56(47-18-10-17-44(37-47)49-21-11-16-42-15-6-7-19-48(42)49)45-33-29-41(30-34-45)40-27-25-39(26-28-40)38-13-4-3-5-14-38/h3-37H,1-2H3/i29D,30D,31D,32D,33D,34D,35D,36D. The number of rotatable bonds is 7. The van der Waals surface area contributed by atoms with Crippen LogP contribution in [0.4, 0.5) is 17.1 Å². The van der Waals surface area contributed by atoms with Crippen LogP contribution >= 0.6 is 0 Å². The van der Waals surface area contributed by atoms with Gasteiger partial charge in [0, 0.05) is 22.5 Å². The van der Waals surface area contributed by atoms with Gasteiger partial charge in [0.05, 0.1) is 11.0 Å². The van der Waals surface area contributed by atoms with Crippen LogP contribution in [-0.2, 0) is 5.41 Å². The summed E-state index contributed by atoms with van der Waals surface area (Å²) in [6.45, 7) is 4.22. The molecule has 0 bridgehead atoms. The molecule has 9 aromatic rings. The summed E-state index contributed by atoms with van der Waals surface area (Å²) >= 11 is 0. The Bertz CT molecular complexity index is 3280. The SMILES string of the molecule is [2H]c1c([2H])c(N(c2cccc(-c3cccc4ccccc34)c2)c2c([2H])c([2H])c(-c3cccc4c3C(C)(C)c3ccccc3-4)c([2H])c2[2H])c([2H])c([2H])c1-c1ccc(-c2ccccc2)cc1. The Morgan fingerprint density at radius 2 is 0.893 bits per heavy atom. The average Bonchev–Trinajstić information content (AvgIpc) is 3.56. The van der Waals surface area contributed by atoms with Crippen molar-refractivity contribution in [2.45, 2.75) is 19.3 Å². The van der Waals surface area contributed by atoms with E-state index in [1.54, 1.807) is 18.2 Å². The van der Waals surface area contributed by atoms with E-state index >= 15 is 0 Å². The summed E-state index contributed by atoms with van der Waals surface area (Å²) in [4.78, 5) is 1.39. The molecule has 10 rings (SSSR count). The molecular formula is C55H41N. The molecule has 0 N–H and O–H groups in total. The zero-order chi connectivity index (χ0) is 44.6. The molecule has 0 saturated heterocycles. The van der Waals surface area contributed by atoms with Crippen molar-refractivity contribution >= 4 is 27.8 Å². The highest BCUT2D eigenvalue weighted by Gasteiger charge is 2.37. The van der Waals surface area contributed by atoms with Crippen LogP contribution in [0.3, 0.4) is 0 Å². The molecule has 56 heavy (non-hydrogen) atoms. The zero-order valence-corrected chi connectivity index (χ0v) is 31.0. The van der Waals surface area contributed by atoms with Gasteiger partial charge >= 0.3 is 0 Å². The number of nitrogens with zero attached hydrogens (tertiary/aromatic N) is 1. The van der Waals surface area contributed by atoms with E-state index in [9.17, 15) is 11.0 Å². The van der Waals surface area contributed by atoms with Crippen LogP contribution in [0.2, 0.25) is 0 Å². The van der Waals surface area contributed by atoms with Crippen molar-refractivity contribution in [2.75, 3.05) is 4.90 Å². The Balaban J connectivity index is 1.20. The lowest BCUT2D eigenvalue weighted by Crippen LogP contribution is -2.16. The second-order valence-corrected chi connectivity index (χ2v) is 14.7. The van der Waals surface area contributed by atoms with Crippen LogP contribution in [-0.4, -0.2) is 0 Å². The molecule has 0 radical (unpaired) electrons. The van der Waals surface area contributed by atoms with Crippen LogP contribution in [0.5, 0.6) is 0 Å². The smallest absolute Gasteiger partial charge is 0.0645 e. The summed E-state index contributed by atoms with van der Waals surface area (Å²) in [5, 5.41) is 2.03. The van der Waals surface area contributed by atoms with E-state index in [1.807, 2.05) is 133 Å². The summed E-state index contributed by atoms with van der Waals surface area (Å²) in [7, 11) is 0. The van der Waals surface area contributed by atoms with Gasteiger partial charge in [-0.3, -0.25) is 0 Å². The molecule has 1 nitrogen and oxygen atoms in total. The van der Waals surface area contributed by atoms with Gasteiger partial charge < -0.3 is 4.90 Å². The van der Waals surface area contributed by atoms with Gasteiger partial charge in [0.2, 0.25) is 0 Å². The topological polar surface area (TPSA) is 3.24 Å². The highest BCUT2D eigenvalue weighted by atomic mass is 15.1. The Morgan fingerprint density at radius 1 is 0.375 bits per heavy atom. The van der Waals surface area contributed by atoms with Crippen molar-refractivity contribution in [3.05, 3.63) is 223 Å². The zero-order valence-electron chi connectivity index (χ0n) is 39.0. The van der Waals surface area contributed by atoms with E-state index < -0.39 is 5.41 Å². The van der Waals surface area contributed by atoms with Crippen molar-refractivity contribution < 1.29 is 11.0 Å². The van der Waals surface area contributed by atoms with Gasteiger partial charge in [0.1, 0.15) is 0 Å². The van der Waals surface area contributed by atoms with E-state index in [4.69, 9.17) is 0 Å². The number of benzene rings is 9. The first-order valence-corrected chi connectivity index (χ1v) is 18.9. The summed E-state index contributed by atoms with van der Waals surface area (Å²) in [6, 6.07) is 49.8. The molecule has 0 atom stereocenters.